The Morgan fingerprint density at radius 2 is 1.70 bits per heavy atom. The molecule has 4 rings (SSSR count). The molecule has 4 heterocycles. The molecule has 1 fully saturated rings. The maximum Gasteiger partial charge on any atom is 0.311 e. The van der Waals surface area contributed by atoms with Gasteiger partial charge in [-0.05, 0) is 69.3 Å². The molecule has 0 aromatic carbocycles. The van der Waals surface area contributed by atoms with Gasteiger partial charge in [0.1, 0.15) is 5.15 Å². The second kappa shape index (κ2) is 7.80. The van der Waals surface area contributed by atoms with E-state index in [-0.39, 0.29) is 10.8 Å². The molecule has 1 aliphatic heterocycles. The Morgan fingerprint density at radius 3 is 2.22 bits per heavy atom. The van der Waals surface area contributed by atoms with E-state index in [1.807, 2.05) is 4.90 Å². The normalized spacial score (nSPS) is 14.4. The van der Waals surface area contributed by atoms with Crippen molar-refractivity contribution in [2.45, 2.75) is 12.8 Å². The molecule has 27 heavy (non-hydrogen) atoms. The van der Waals surface area contributed by atoms with Crippen LogP contribution in [-0.4, -0.2) is 23.0 Å². The van der Waals surface area contributed by atoms with Crippen molar-refractivity contribution in [3.8, 4) is 0 Å². The van der Waals surface area contributed by atoms with Crippen LogP contribution in [-0.2, 0) is 0 Å². The molecule has 0 aliphatic carbocycles. The first kappa shape index (κ1) is 18.2. The fourth-order valence-electron chi connectivity index (χ4n) is 3.42. The van der Waals surface area contributed by atoms with Crippen molar-refractivity contribution < 1.29 is 4.92 Å². The Balaban J connectivity index is 1.64. The van der Waals surface area contributed by atoms with Gasteiger partial charge in [-0.1, -0.05) is 17.2 Å². The molecule has 0 spiro atoms. The highest BCUT2D eigenvalue weighted by Gasteiger charge is 2.26. The van der Waals surface area contributed by atoms with E-state index < -0.39 is 4.92 Å². The number of hydrogen-bond acceptors (Lipinski definition) is 6. The van der Waals surface area contributed by atoms with Gasteiger partial charge >= 0.3 is 5.69 Å². The summed E-state index contributed by atoms with van der Waals surface area (Å²) < 4.78 is 0. The number of halogens is 1. The van der Waals surface area contributed by atoms with Gasteiger partial charge in [-0.3, -0.25) is 10.1 Å². The number of rotatable bonds is 4. The van der Waals surface area contributed by atoms with Crippen molar-refractivity contribution in [1.82, 2.24) is 4.98 Å². The van der Waals surface area contributed by atoms with E-state index in [2.05, 4.69) is 38.6 Å². The molecule has 0 atom stereocenters. The summed E-state index contributed by atoms with van der Waals surface area (Å²) in [7, 11) is 0. The SMILES string of the molecule is O=[N+]([O-])c1ccc(Cl)nc1N1CCC(=C(c2ccsc2)c2ccsc2)CC1. The molecule has 1 aliphatic rings. The van der Waals surface area contributed by atoms with Crippen LogP contribution in [0, 0.1) is 10.1 Å². The molecule has 138 valence electrons. The van der Waals surface area contributed by atoms with E-state index in [0.717, 1.165) is 12.8 Å². The summed E-state index contributed by atoms with van der Waals surface area (Å²) in [6.07, 6.45) is 1.68. The summed E-state index contributed by atoms with van der Waals surface area (Å²) in [5.74, 6) is 0.360. The minimum Gasteiger partial charge on any atom is -0.350 e. The topological polar surface area (TPSA) is 59.3 Å². The number of nitrogens with zero attached hydrogens (tertiary/aromatic N) is 3. The maximum absolute atomic E-state index is 11.3. The molecule has 1 saturated heterocycles. The molecule has 3 aromatic heterocycles. The molecule has 3 aromatic rings. The Hall–Kier alpha value is -2.22. The Labute approximate surface area is 169 Å². The lowest BCUT2D eigenvalue weighted by Crippen LogP contribution is -2.32. The monoisotopic (exact) mass is 417 g/mol. The first-order valence-corrected chi connectivity index (χ1v) is 10.7. The third kappa shape index (κ3) is 3.76. The van der Waals surface area contributed by atoms with Gasteiger partial charge < -0.3 is 4.90 Å². The largest absolute Gasteiger partial charge is 0.350 e. The lowest BCUT2D eigenvalue weighted by atomic mass is 9.91. The van der Waals surface area contributed by atoms with Crippen LogP contribution in [0.2, 0.25) is 5.15 Å². The lowest BCUT2D eigenvalue weighted by molar-refractivity contribution is -0.384. The first-order chi connectivity index (χ1) is 13.1. The summed E-state index contributed by atoms with van der Waals surface area (Å²) in [5.41, 5.74) is 5.17. The van der Waals surface area contributed by atoms with Gasteiger partial charge in [-0.2, -0.15) is 22.7 Å². The zero-order valence-electron chi connectivity index (χ0n) is 14.3. The number of aromatic nitrogens is 1. The molecule has 0 saturated carbocycles. The summed E-state index contributed by atoms with van der Waals surface area (Å²) in [4.78, 5) is 17.1. The van der Waals surface area contributed by atoms with Gasteiger partial charge in [-0.15, -0.1) is 0 Å². The van der Waals surface area contributed by atoms with Crippen molar-refractivity contribution >= 4 is 51.4 Å². The minimum atomic E-state index is -0.397. The number of hydrogen-bond donors (Lipinski definition) is 0. The van der Waals surface area contributed by atoms with E-state index >= 15 is 0 Å². The fourth-order valence-corrected chi connectivity index (χ4v) is 4.86. The van der Waals surface area contributed by atoms with E-state index in [1.54, 1.807) is 22.7 Å². The molecular formula is C19H16ClN3O2S2. The van der Waals surface area contributed by atoms with Crippen LogP contribution in [0.3, 0.4) is 0 Å². The highest BCUT2D eigenvalue weighted by Crippen LogP contribution is 2.36. The Kier molecular flexibility index (Phi) is 5.24. The quantitative estimate of drug-likeness (QED) is 0.302. The van der Waals surface area contributed by atoms with Crippen molar-refractivity contribution in [2.24, 2.45) is 0 Å². The average molecular weight is 418 g/mol. The maximum atomic E-state index is 11.3. The summed E-state index contributed by atoms with van der Waals surface area (Å²) in [5, 5.41) is 20.2. The molecule has 0 bridgehead atoms. The predicted molar refractivity (Wildman–Crippen MR) is 112 cm³/mol. The Bertz CT molecular complexity index is 938. The second-order valence-electron chi connectivity index (χ2n) is 6.22. The van der Waals surface area contributed by atoms with Crippen molar-refractivity contribution in [2.75, 3.05) is 18.0 Å². The molecule has 0 unspecified atom stereocenters. The van der Waals surface area contributed by atoms with Gasteiger partial charge in [0.05, 0.1) is 4.92 Å². The highest BCUT2D eigenvalue weighted by atomic mass is 35.5. The van der Waals surface area contributed by atoms with Gasteiger partial charge in [0, 0.05) is 19.2 Å². The third-order valence-corrected chi connectivity index (χ3v) is 6.23. The lowest BCUT2D eigenvalue weighted by Gasteiger charge is -2.30. The highest BCUT2D eigenvalue weighted by molar-refractivity contribution is 7.08. The number of nitro groups is 1. The van der Waals surface area contributed by atoms with E-state index in [4.69, 9.17) is 11.6 Å². The molecular weight excluding hydrogens is 402 g/mol. The average Bonchev–Trinajstić information content (AvgIpc) is 3.37. The molecule has 8 heteroatoms. The third-order valence-electron chi connectivity index (χ3n) is 4.66. The van der Waals surface area contributed by atoms with Gasteiger partial charge in [0.2, 0.25) is 5.82 Å². The zero-order valence-corrected chi connectivity index (χ0v) is 16.7. The minimum absolute atomic E-state index is 0.00252. The number of pyridine rings is 1. The van der Waals surface area contributed by atoms with Crippen LogP contribution in [0.1, 0.15) is 24.0 Å². The molecule has 0 amide bonds. The predicted octanol–water partition coefficient (Wildman–Crippen LogP) is 5.87. The van der Waals surface area contributed by atoms with Crippen LogP contribution in [0.5, 0.6) is 0 Å². The molecule has 5 nitrogen and oxygen atoms in total. The van der Waals surface area contributed by atoms with Crippen LogP contribution >= 0.6 is 34.3 Å². The van der Waals surface area contributed by atoms with Gasteiger partial charge in [-0.25, -0.2) is 4.98 Å². The Morgan fingerprint density at radius 1 is 1.07 bits per heavy atom. The van der Waals surface area contributed by atoms with Crippen LogP contribution in [0.15, 0.2) is 51.4 Å². The van der Waals surface area contributed by atoms with Crippen molar-refractivity contribution in [3.63, 3.8) is 0 Å². The number of piperidine rings is 1. The fraction of sp³-hybridized carbons (Fsp3) is 0.211. The van der Waals surface area contributed by atoms with E-state index in [1.165, 1.54) is 34.4 Å². The summed E-state index contributed by atoms with van der Waals surface area (Å²) in [6, 6.07) is 7.20. The standard InChI is InChI=1S/C19H16ClN3O2S2/c20-17-2-1-16(23(24)25)19(21-17)22-7-3-13(4-8-22)18(14-5-9-26-11-14)15-6-10-27-12-15/h1-2,5-6,9-12H,3-4,7-8H2. The van der Waals surface area contributed by atoms with Gasteiger partial charge in [0.15, 0.2) is 0 Å². The van der Waals surface area contributed by atoms with E-state index in [9.17, 15) is 10.1 Å². The molecule has 0 N–H and O–H groups in total. The number of thiophene rings is 2. The van der Waals surface area contributed by atoms with Crippen molar-refractivity contribution in [1.29, 1.82) is 0 Å². The van der Waals surface area contributed by atoms with Crippen molar-refractivity contribution in [3.05, 3.63) is 77.8 Å². The van der Waals surface area contributed by atoms with Crippen LogP contribution in [0.4, 0.5) is 11.5 Å². The first-order valence-electron chi connectivity index (χ1n) is 8.46. The van der Waals surface area contributed by atoms with Crippen LogP contribution in [0.25, 0.3) is 5.57 Å². The number of anilines is 1. The second-order valence-corrected chi connectivity index (χ2v) is 8.17. The summed E-state index contributed by atoms with van der Waals surface area (Å²) in [6.45, 7) is 1.36. The van der Waals surface area contributed by atoms with Gasteiger partial charge in [0.25, 0.3) is 0 Å². The summed E-state index contributed by atoms with van der Waals surface area (Å²) >= 11 is 9.37. The smallest absolute Gasteiger partial charge is 0.311 e. The van der Waals surface area contributed by atoms with Crippen LogP contribution < -0.4 is 4.90 Å². The molecule has 0 radical (unpaired) electrons. The zero-order chi connectivity index (χ0) is 18.8. The van der Waals surface area contributed by atoms with E-state index in [0.29, 0.717) is 18.9 Å².